The van der Waals surface area contributed by atoms with Crippen LogP contribution >= 0.6 is 0 Å². The summed E-state index contributed by atoms with van der Waals surface area (Å²) < 4.78 is 0. The van der Waals surface area contributed by atoms with Crippen molar-refractivity contribution in [3.05, 3.63) is 30.1 Å². The summed E-state index contributed by atoms with van der Waals surface area (Å²) in [6.45, 7) is 0.693. The number of aliphatic hydroxyl groups excluding tert-OH is 1. The van der Waals surface area contributed by atoms with Crippen LogP contribution in [0.2, 0.25) is 0 Å². The number of carbonyl (C=O) groups excluding carboxylic acids is 1. The van der Waals surface area contributed by atoms with Crippen LogP contribution in [-0.2, 0) is 11.3 Å². The molecule has 1 heterocycles. The third kappa shape index (κ3) is 5.12. The Labute approximate surface area is 89.3 Å². The number of carbonyl (C=O) groups is 1. The van der Waals surface area contributed by atoms with E-state index in [4.69, 9.17) is 5.11 Å². The highest BCUT2D eigenvalue weighted by Gasteiger charge is 2.00. The van der Waals surface area contributed by atoms with Gasteiger partial charge in [-0.1, -0.05) is 0 Å². The average molecular weight is 208 g/mol. The number of nitrogens with zero attached hydrogens (tertiary/aromatic N) is 1. The van der Waals surface area contributed by atoms with E-state index in [0.717, 1.165) is 12.0 Å². The average Bonchev–Trinajstić information content (AvgIpc) is 2.28. The smallest absolute Gasteiger partial charge is 0.220 e. The fraction of sp³-hybridized carbons (Fsp3) is 0.455. The molecule has 0 aliphatic carbocycles. The zero-order valence-electron chi connectivity index (χ0n) is 8.65. The van der Waals surface area contributed by atoms with E-state index in [1.54, 1.807) is 12.4 Å². The highest BCUT2D eigenvalue weighted by Crippen LogP contribution is 1.97. The molecule has 1 aromatic rings. The normalized spacial score (nSPS) is 9.93. The first-order valence-corrected chi connectivity index (χ1v) is 5.09. The number of nitrogens with one attached hydrogen (secondary N) is 1. The zero-order valence-corrected chi connectivity index (χ0v) is 8.65. The molecule has 0 radical (unpaired) electrons. The molecule has 0 bridgehead atoms. The summed E-state index contributed by atoms with van der Waals surface area (Å²) in [6, 6.07) is 3.74. The highest BCUT2D eigenvalue weighted by atomic mass is 16.2. The number of hydrogen-bond acceptors (Lipinski definition) is 3. The van der Waals surface area contributed by atoms with Crippen molar-refractivity contribution in [2.75, 3.05) is 6.61 Å². The van der Waals surface area contributed by atoms with Crippen molar-refractivity contribution in [3.8, 4) is 0 Å². The van der Waals surface area contributed by atoms with Gasteiger partial charge in [-0.05, 0) is 30.5 Å². The Bertz CT molecular complexity index is 288. The highest BCUT2D eigenvalue weighted by molar-refractivity contribution is 5.75. The summed E-state index contributed by atoms with van der Waals surface area (Å²) in [5.41, 5.74) is 1.04. The quantitative estimate of drug-likeness (QED) is 0.681. The van der Waals surface area contributed by atoms with E-state index >= 15 is 0 Å². The second-order valence-electron chi connectivity index (χ2n) is 3.31. The first-order chi connectivity index (χ1) is 7.33. The fourth-order valence-electron chi connectivity index (χ4n) is 1.19. The van der Waals surface area contributed by atoms with Crippen molar-refractivity contribution < 1.29 is 9.90 Å². The predicted molar refractivity (Wildman–Crippen MR) is 57.0 cm³/mol. The minimum Gasteiger partial charge on any atom is -0.396 e. The molecule has 0 saturated carbocycles. The molecule has 4 heteroatoms. The number of aromatic nitrogens is 1. The number of hydrogen-bond donors (Lipinski definition) is 2. The van der Waals surface area contributed by atoms with Crippen molar-refractivity contribution in [3.63, 3.8) is 0 Å². The van der Waals surface area contributed by atoms with Gasteiger partial charge in [-0.25, -0.2) is 0 Å². The van der Waals surface area contributed by atoms with Crippen molar-refractivity contribution in [2.24, 2.45) is 0 Å². The molecule has 0 unspecified atom stereocenters. The summed E-state index contributed by atoms with van der Waals surface area (Å²) in [7, 11) is 0. The van der Waals surface area contributed by atoms with E-state index in [1.807, 2.05) is 12.1 Å². The lowest BCUT2D eigenvalue weighted by atomic mass is 10.2. The van der Waals surface area contributed by atoms with Gasteiger partial charge in [0.2, 0.25) is 5.91 Å². The van der Waals surface area contributed by atoms with Crippen LogP contribution in [0.25, 0.3) is 0 Å². The molecule has 2 N–H and O–H groups in total. The molecule has 15 heavy (non-hydrogen) atoms. The minimum atomic E-state index is 0.0280. The zero-order chi connectivity index (χ0) is 10.9. The largest absolute Gasteiger partial charge is 0.396 e. The van der Waals surface area contributed by atoms with Crippen molar-refractivity contribution in [2.45, 2.75) is 25.8 Å². The minimum absolute atomic E-state index is 0.0280. The SMILES string of the molecule is O=C(CCCCO)NCc1ccncc1. The molecular weight excluding hydrogens is 192 g/mol. The summed E-state index contributed by atoms with van der Waals surface area (Å²) in [5.74, 6) is 0.0280. The molecule has 0 aromatic carbocycles. The van der Waals surface area contributed by atoms with E-state index in [0.29, 0.717) is 19.4 Å². The van der Waals surface area contributed by atoms with E-state index < -0.39 is 0 Å². The van der Waals surface area contributed by atoms with E-state index in [9.17, 15) is 4.79 Å². The fourth-order valence-corrected chi connectivity index (χ4v) is 1.19. The van der Waals surface area contributed by atoms with E-state index in [1.165, 1.54) is 0 Å². The number of unbranched alkanes of at least 4 members (excludes halogenated alkanes) is 1. The van der Waals surface area contributed by atoms with Crippen molar-refractivity contribution in [1.29, 1.82) is 0 Å². The van der Waals surface area contributed by atoms with Gasteiger partial charge in [0.05, 0.1) is 0 Å². The van der Waals surface area contributed by atoms with Crippen LogP contribution in [0, 0.1) is 0 Å². The summed E-state index contributed by atoms with van der Waals surface area (Å²) in [6.07, 6.45) is 5.30. The van der Waals surface area contributed by atoms with Gasteiger partial charge in [0, 0.05) is 32.0 Å². The Morgan fingerprint density at radius 3 is 2.73 bits per heavy atom. The van der Waals surface area contributed by atoms with Crippen molar-refractivity contribution >= 4 is 5.91 Å². The second-order valence-corrected chi connectivity index (χ2v) is 3.31. The van der Waals surface area contributed by atoms with Gasteiger partial charge in [0.1, 0.15) is 0 Å². The van der Waals surface area contributed by atoms with Crippen LogP contribution in [0.4, 0.5) is 0 Å². The Balaban J connectivity index is 2.17. The first-order valence-electron chi connectivity index (χ1n) is 5.09. The second kappa shape index (κ2) is 6.95. The molecule has 82 valence electrons. The molecule has 4 nitrogen and oxygen atoms in total. The molecule has 1 rings (SSSR count). The van der Waals surface area contributed by atoms with E-state index in [2.05, 4.69) is 10.3 Å². The maximum absolute atomic E-state index is 11.3. The van der Waals surface area contributed by atoms with Crippen LogP contribution in [0.15, 0.2) is 24.5 Å². The number of amides is 1. The number of rotatable bonds is 6. The maximum atomic E-state index is 11.3. The first kappa shape index (κ1) is 11.7. The Morgan fingerprint density at radius 2 is 2.07 bits per heavy atom. The lowest BCUT2D eigenvalue weighted by Gasteiger charge is -2.04. The maximum Gasteiger partial charge on any atom is 0.220 e. The van der Waals surface area contributed by atoms with Gasteiger partial charge < -0.3 is 10.4 Å². The van der Waals surface area contributed by atoms with Crippen LogP contribution in [0.5, 0.6) is 0 Å². The Kier molecular flexibility index (Phi) is 5.40. The molecule has 0 fully saturated rings. The lowest BCUT2D eigenvalue weighted by Crippen LogP contribution is -2.22. The van der Waals surface area contributed by atoms with Gasteiger partial charge >= 0.3 is 0 Å². The third-order valence-electron chi connectivity index (χ3n) is 2.05. The molecule has 0 saturated heterocycles. The number of aliphatic hydroxyl groups is 1. The summed E-state index contributed by atoms with van der Waals surface area (Å²) in [5, 5.41) is 11.4. The van der Waals surface area contributed by atoms with Gasteiger partial charge in [-0.2, -0.15) is 0 Å². The molecule has 0 spiro atoms. The summed E-state index contributed by atoms with van der Waals surface area (Å²) in [4.78, 5) is 15.2. The molecule has 0 aliphatic rings. The molecule has 0 atom stereocenters. The monoisotopic (exact) mass is 208 g/mol. The Morgan fingerprint density at radius 1 is 1.33 bits per heavy atom. The molecular formula is C11H16N2O2. The van der Waals surface area contributed by atoms with Gasteiger partial charge in [-0.3, -0.25) is 9.78 Å². The lowest BCUT2D eigenvalue weighted by molar-refractivity contribution is -0.121. The van der Waals surface area contributed by atoms with Crippen LogP contribution in [-0.4, -0.2) is 22.6 Å². The van der Waals surface area contributed by atoms with E-state index in [-0.39, 0.29) is 12.5 Å². The summed E-state index contributed by atoms with van der Waals surface area (Å²) >= 11 is 0. The van der Waals surface area contributed by atoms with Gasteiger partial charge in [0.15, 0.2) is 0 Å². The standard InChI is InChI=1S/C11H16N2O2/c14-8-2-1-3-11(15)13-9-10-4-6-12-7-5-10/h4-7,14H,1-3,8-9H2,(H,13,15). The topological polar surface area (TPSA) is 62.2 Å². The van der Waals surface area contributed by atoms with Gasteiger partial charge in [-0.15, -0.1) is 0 Å². The molecule has 1 aromatic heterocycles. The van der Waals surface area contributed by atoms with Crippen LogP contribution in [0.3, 0.4) is 0 Å². The van der Waals surface area contributed by atoms with Gasteiger partial charge in [0.25, 0.3) is 0 Å². The van der Waals surface area contributed by atoms with Crippen LogP contribution < -0.4 is 5.32 Å². The van der Waals surface area contributed by atoms with Crippen LogP contribution in [0.1, 0.15) is 24.8 Å². The third-order valence-corrected chi connectivity index (χ3v) is 2.05. The molecule has 1 amide bonds. The predicted octanol–water partition coefficient (Wildman–Crippen LogP) is 0.860. The molecule has 0 aliphatic heterocycles. The van der Waals surface area contributed by atoms with Crippen molar-refractivity contribution in [1.82, 2.24) is 10.3 Å². The number of pyridine rings is 1. The Hall–Kier alpha value is -1.42.